The van der Waals surface area contributed by atoms with Crippen molar-refractivity contribution in [2.45, 2.75) is 45.7 Å². The second-order valence-corrected chi connectivity index (χ2v) is 6.39. The van der Waals surface area contributed by atoms with Crippen molar-refractivity contribution < 1.29 is 4.79 Å². The van der Waals surface area contributed by atoms with Crippen LogP contribution in [-0.2, 0) is 17.8 Å². The van der Waals surface area contributed by atoms with E-state index >= 15 is 0 Å². The van der Waals surface area contributed by atoms with E-state index in [1.165, 1.54) is 5.56 Å². The Balaban J connectivity index is 1.70. The lowest BCUT2D eigenvalue weighted by Gasteiger charge is -2.16. The van der Waals surface area contributed by atoms with Crippen LogP contribution < -0.4 is 5.32 Å². The van der Waals surface area contributed by atoms with Crippen LogP contribution >= 0.6 is 0 Å². The third kappa shape index (κ3) is 4.08. The molecular weight excluding hydrogens is 310 g/mol. The fraction of sp³-hybridized carbons (Fsp3) is 0.333. The molecule has 0 fully saturated rings. The van der Waals surface area contributed by atoms with Gasteiger partial charge in [0.25, 0.3) is 0 Å². The van der Waals surface area contributed by atoms with Crippen molar-refractivity contribution >= 4 is 16.9 Å². The Morgan fingerprint density at radius 1 is 1.12 bits per heavy atom. The highest BCUT2D eigenvalue weighted by Crippen LogP contribution is 2.21. The monoisotopic (exact) mass is 335 g/mol. The fourth-order valence-electron chi connectivity index (χ4n) is 3.16. The lowest BCUT2D eigenvalue weighted by molar-refractivity contribution is -0.121. The highest BCUT2D eigenvalue weighted by molar-refractivity contribution is 5.78. The summed E-state index contributed by atoms with van der Waals surface area (Å²) in [4.78, 5) is 17.1. The molecular formula is C21H25N3O. The molecule has 0 saturated carbocycles. The summed E-state index contributed by atoms with van der Waals surface area (Å²) in [7, 11) is 0. The van der Waals surface area contributed by atoms with Gasteiger partial charge in [0.2, 0.25) is 5.91 Å². The molecule has 3 rings (SSSR count). The number of amides is 1. The van der Waals surface area contributed by atoms with E-state index in [1.807, 2.05) is 43.3 Å². The molecule has 3 aromatic rings. The maximum absolute atomic E-state index is 12.3. The zero-order chi connectivity index (χ0) is 17.6. The summed E-state index contributed by atoms with van der Waals surface area (Å²) in [5, 5.41) is 3.10. The third-order valence-corrected chi connectivity index (χ3v) is 4.38. The molecule has 0 aliphatic heterocycles. The van der Waals surface area contributed by atoms with Crippen LogP contribution in [0.5, 0.6) is 0 Å². The molecule has 4 heteroatoms. The number of aryl methyl sites for hydroxylation is 2. The Kier molecular flexibility index (Phi) is 5.49. The molecule has 1 N–H and O–H groups in total. The van der Waals surface area contributed by atoms with E-state index < -0.39 is 0 Å². The van der Waals surface area contributed by atoms with Gasteiger partial charge in [0.05, 0.1) is 17.1 Å². The van der Waals surface area contributed by atoms with E-state index in [-0.39, 0.29) is 11.9 Å². The molecule has 2 aromatic carbocycles. The van der Waals surface area contributed by atoms with Gasteiger partial charge >= 0.3 is 0 Å². The molecule has 1 amide bonds. The predicted molar refractivity (Wildman–Crippen MR) is 101 cm³/mol. The number of fused-ring (bicyclic) bond motifs is 1. The molecule has 0 aliphatic carbocycles. The standard InChI is InChI=1S/C21H25N3O/c1-3-15-24-19-12-8-7-11-18(19)23-21(24)16(2)22-20(25)14-13-17-9-5-4-6-10-17/h4-12,16H,3,13-15H2,1-2H3,(H,22,25). The summed E-state index contributed by atoms with van der Waals surface area (Å²) in [5.41, 5.74) is 3.30. The smallest absolute Gasteiger partial charge is 0.220 e. The number of benzene rings is 2. The molecule has 0 bridgehead atoms. The Morgan fingerprint density at radius 2 is 1.84 bits per heavy atom. The zero-order valence-corrected chi connectivity index (χ0v) is 14.9. The van der Waals surface area contributed by atoms with Crippen LogP contribution in [0.3, 0.4) is 0 Å². The number of rotatable bonds is 7. The Bertz CT molecular complexity index is 839. The average Bonchev–Trinajstić information content (AvgIpc) is 3.00. The molecule has 0 radical (unpaired) electrons. The summed E-state index contributed by atoms with van der Waals surface area (Å²) in [6, 6.07) is 18.1. The second-order valence-electron chi connectivity index (χ2n) is 6.39. The van der Waals surface area contributed by atoms with Gasteiger partial charge in [0.15, 0.2) is 0 Å². The average molecular weight is 335 g/mol. The maximum Gasteiger partial charge on any atom is 0.220 e. The number of para-hydroxylation sites is 2. The topological polar surface area (TPSA) is 46.9 Å². The molecule has 0 aliphatic rings. The summed E-state index contributed by atoms with van der Waals surface area (Å²) in [6.07, 6.45) is 2.27. The minimum atomic E-state index is -0.109. The van der Waals surface area contributed by atoms with Gasteiger partial charge in [-0.15, -0.1) is 0 Å². The minimum Gasteiger partial charge on any atom is -0.346 e. The summed E-state index contributed by atoms with van der Waals surface area (Å²) in [5.74, 6) is 0.988. The molecule has 4 nitrogen and oxygen atoms in total. The lowest BCUT2D eigenvalue weighted by atomic mass is 10.1. The van der Waals surface area contributed by atoms with E-state index in [0.29, 0.717) is 6.42 Å². The fourth-order valence-corrected chi connectivity index (χ4v) is 3.16. The quantitative estimate of drug-likeness (QED) is 0.701. The van der Waals surface area contributed by atoms with Gasteiger partial charge in [-0.2, -0.15) is 0 Å². The lowest BCUT2D eigenvalue weighted by Crippen LogP contribution is -2.29. The van der Waals surface area contributed by atoms with Crippen molar-refractivity contribution in [2.75, 3.05) is 0 Å². The maximum atomic E-state index is 12.3. The van der Waals surface area contributed by atoms with Crippen LogP contribution in [0, 0.1) is 0 Å². The molecule has 25 heavy (non-hydrogen) atoms. The first-order valence-electron chi connectivity index (χ1n) is 8.97. The number of hydrogen-bond acceptors (Lipinski definition) is 2. The Hall–Kier alpha value is -2.62. The number of nitrogens with one attached hydrogen (secondary N) is 1. The number of hydrogen-bond donors (Lipinski definition) is 1. The Morgan fingerprint density at radius 3 is 2.60 bits per heavy atom. The van der Waals surface area contributed by atoms with E-state index in [0.717, 1.165) is 36.2 Å². The van der Waals surface area contributed by atoms with Crippen LogP contribution in [0.1, 0.15) is 44.1 Å². The van der Waals surface area contributed by atoms with Crippen LogP contribution in [0.4, 0.5) is 0 Å². The van der Waals surface area contributed by atoms with Gasteiger partial charge in [-0.05, 0) is 37.5 Å². The van der Waals surface area contributed by atoms with Gasteiger partial charge in [-0.3, -0.25) is 4.79 Å². The molecule has 0 saturated heterocycles. The molecule has 1 unspecified atom stereocenters. The first kappa shape index (κ1) is 17.2. The van der Waals surface area contributed by atoms with Crippen molar-refractivity contribution in [3.63, 3.8) is 0 Å². The number of nitrogens with zero attached hydrogens (tertiary/aromatic N) is 2. The van der Waals surface area contributed by atoms with Crippen LogP contribution in [0.2, 0.25) is 0 Å². The Labute approximate surface area is 148 Å². The highest BCUT2D eigenvalue weighted by Gasteiger charge is 2.17. The van der Waals surface area contributed by atoms with Crippen LogP contribution in [0.25, 0.3) is 11.0 Å². The summed E-state index contributed by atoms with van der Waals surface area (Å²) >= 11 is 0. The van der Waals surface area contributed by atoms with E-state index in [4.69, 9.17) is 4.98 Å². The molecule has 0 spiro atoms. The molecule has 1 atom stereocenters. The van der Waals surface area contributed by atoms with E-state index in [1.54, 1.807) is 0 Å². The van der Waals surface area contributed by atoms with Crippen molar-refractivity contribution in [3.05, 3.63) is 66.0 Å². The normalized spacial score (nSPS) is 12.2. The third-order valence-electron chi connectivity index (χ3n) is 4.38. The van der Waals surface area contributed by atoms with Gasteiger partial charge in [0.1, 0.15) is 5.82 Å². The first-order chi connectivity index (χ1) is 12.2. The van der Waals surface area contributed by atoms with Crippen molar-refractivity contribution in [2.24, 2.45) is 0 Å². The number of imidazole rings is 1. The van der Waals surface area contributed by atoms with Gasteiger partial charge in [-0.25, -0.2) is 4.98 Å². The van der Waals surface area contributed by atoms with Gasteiger partial charge in [0, 0.05) is 13.0 Å². The van der Waals surface area contributed by atoms with E-state index in [2.05, 4.69) is 35.0 Å². The zero-order valence-electron chi connectivity index (χ0n) is 14.9. The highest BCUT2D eigenvalue weighted by atomic mass is 16.1. The SMILES string of the molecule is CCCn1c(C(C)NC(=O)CCc2ccccc2)nc2ccccc21. The molecule has 130 valence electrons. The first-order valence-corrected chi connectivity index (χ1v) is 8.97. The largest absolute Gasteiger partial charge is 0.346 e. The van der Waals surface area contributed by atoms with Crippen molar-refractivity contribution in [1.82, 2.24) is 14.9 Å². The van der Waals surface area contributed by atoms with Gasteiger partial charge in [-0.1, -0.05) is 49.4 Å². The number of carbonyl (C=O) groups excluding carboxylic acids is 1. The van der Waals surface area contributed by atoms with Gasteiger partial charge < -0.3 is 9.88 Å². The predicted octanol–water partition coefficient (Wildman–Crippen LogP) is 4.26. The second kappa shape index (κ2) is 7.97. The summed E-state index contributed by atoms with van der Waals surface area (Å²) in [6.45, 7) is 5.07. The van der Waals surface area contributed by atoms with Crippen LogP contribution in [-0.4, -0.2) is 15.5 Å². The number of aromatic nitrogens is 2. The number of carbonyl (C=O) groups is 1. The molecule has 1 aromatic heterocycles. The summed E-state index contributed by atoms with van der Waals surface area (Å²) < 4.78 is 2.22. The van der Waals surface area contributed by atoms with E-state index in [9.17, 15) is 4.79 Å². The van der Waals surface area contributed by atoms with Crippen molar-refractivity contribution in [1.29, 1.82) is 0 Å². The van der Waals surface area contributed by atoms with Crippen molar-refractivity contribution in [3.8, 4) is 0 Å². The molecule has 1 heterocycles. The minimum absolute atomic E-state index is 0.0615. The van der Waals surface area contributed by atoms with Crippen LogP contribution in [0.15, 0.2) is 54.6 Å².